The molecular weight excluding hydrogens is 190 g/mol. The van der Waals surface area contributed by atoms with Gasteiger partial charge in [0.1, 0.15) is 11.5 Å². The van der Waals surface area contributed by atoms with Gasteiger partial charge in [-0.1, -0.05) is 5.57 Å². The fourth-order valence-corrected chi connectivity index (χ4v) is 1.26. The first-order valence-corrected chi connectivity index (χ1v) is 5.14. The van der Waals surface area contributed by atoms with E-state index in [9.17, 15) is 0 Å². The molecule has 1 aromatic heterocycles. The van der Waals surface area contributed by atoms with Crippen molar-refractivity contribution in [3.63, 3.8) is 0 Å². The van der Waals surface area contributed by atoms with Crippen molar-refractivity contribution in [3.05, 3.63) is 35.3 Å². The summed E-state index contributed by atoms with van der Waals surface area (Å²) in [5, 5.41) is 0. The molecule has 0 fully saturated rings. The number of rotatable bonds is 6. The van der Waals surface area contributed by atoms with Gasteiger partial charge in [0.25, 0.3) is 0 Å². The Kier molecular flexibility index (Phi) is 4.59. The summed E-state index contributed by atoms with van der Waals surface area (Å²) >= 11 is 0. The molecule has 0 aromatic carbocycles. The smallest absolute Gasteiger partial charge is 0.118 e. The lowest BCUT2D eigenvalue weighted by Crippen LogP contribution is -1.96. The molecule has 0 unspecified atom stereocenters. The van der Waals surface area contributed by atoms with Crippen LogP contribution in [0.15, 0.2) is 22.6 Å². The first kappa shape index (κ1) is 12.0. The van der Waals surface area contributed by atoms with E-state index in [4.69, 9.17) is 14.9 Å². The average Bonchev–Trinajstić information content (AvgIpc) is 2.54. The van der Waals surface area contributed by atoms with Gasteiger partial charge in [-0.3, -0.25) is 0 Å². The first-order valence-electron chi connectivity index (χ1n) is 5.14. The van der Waals surface area contributed by atoms with E-state index in [-0.39, 0.29) is 0 Å². The molecule has 2 N–H and O–H groups in total. The van der Waals surface area contributed by atoms with E-state index in [1.807, 2.05) is 19.9 Å². The van der Waals surface area contributed by atoms with Gasteiger partial charge in [-0.2, -0.15) is 0 Å². The van der Waals surface area contributed by atoms with Crippen LogP contribution in [0.2, 0.25) is 0 Å². The highest BCUT2D eigenvalue weighted by Crippen LogP contribution is 2.15. The molecule has 0 radical (unpaired) electrons. The van der Waals surface area contributed by atoms with Crippen molar-refractivity contribution in [2.45, 2.75) is 33.4 Å². The fourth-order valence-electron chi connectivity index (χ4n) is 1.26. The molecule has 84 valence electrons. The molecule has 0 spiro atoms. The zero-order valence-corrected chi connectivity index (χ0v) is 9.51. The lowest BCUT2D eigenvalue weighted by Gasteiger charge is -2.02. The van der Waals surface area contributed by atoms with Crippen LogP contribution < -0.4 is 5.73 Å². The maximum Gasteiger partial charge on any atom is 0.118 e. The SMILES string of the molecule is C=C(C)CCOCc1cc(CN)oc1C. The molecular formula is C12H19NO2. The Bertz CT molecular complexity index is 328. The minimum Gasteiger partial charge on any atom is -0.465 e. The third kappa shape index (κ3) is 3.90. The molecule has 0 aliphatic carbocycles. The molecule has 15 heavy (non-hydrogen) atoms. The summed E-state index contributed by atoms with van der Waals surface area (Å²) in [6.07, 6.45) is 0.903. The predicted octanol–water partition coefficient (Wildman–Crippen LogP) is 2.53. The second-order valence-electron chi connectivity index (χ2n) is 3.76. The largest absolute Gasteiger partial charge is 0.465 e. The Hall–Kier alpha value is -1.06. The number of hydrogen-bond acceptors (Lipinski definition) is 3. The van der Waals surface area contributed by atoms with Gasteiger partial charge < -0.3 is 14.9 Å². The van der Waals surface area contributed by atoms with E-state index >= 15 is 0 Å². The molecule has 0 aliphatic heterocycles. The van der Waals surface area contributed by atoms with Crippen LogP contribution in [-0.2, 0) is 17.9 Å². The van der Waals surface area contributed by atoms with Crippen LogP contribution in [0.1, 0.15) is 30.4 Å². The molecule has 1 aromatic rings. The fraction of sp³-hybridized carbons (Fsp3) is 0.500. The number of hydrogen-bond donors (Lipinski definition) is 1. The molecule has 0 bridgehead atoms. The molecule has 0 aliphatic rings. The van der Waals surface area contributed by atoms with Crippen LogP contribution in [0.4, 0.5) is 0 Å². The molecule has 0 saturated heterocycles. The summed E-state index contributed by atoms with van der Waals surface area (Å²) in [6.45, 7) is 9.48. The highest BCUT2D eigenvalue weighted by Gasteiger charge is 2.05. The Morgan fingerprint density at radius 1 is 1.60 bits per heavy atom. The standard InChI is InChI=1S/C12H19NO2/c1-9(2)4-5-14-8-11-6-12(7-13)15-10(11)3/h6H,1,4-5,7-8,13H2,2-3H3. The minimum atomic E-state index is 0.437. The summed E-state index contributed by atoms with van der Waals surface area (Å²) < 4.78 is 10.9. The lowest BCUT2D eigenvalue weighted by molar-refractivity contribution is 0.123. The Morgan fingerprint density at radius 3 is 2.87 bits per heavy atom. The third-order valence-electron chi connectivity index (χ3n) is 2.20. The normalized spacial score (nSPS) is 10.6. The van der Waals surface area contributed by atoms with Crippen LogP contribution >= 0.6 is 0 Å². The number of ether oxygens (including phenoxy) is 1. The van der Waals surface area contributed by atoms with Gasteiger partial charge in [-0.05, 0) is 26.3 Å². The Balaban J connectivity index is 2.36. The summed E-state index contributed by atoms with van der Waals surface area (Å²) in [5.74, 6) is 1.71. The van der Waals surface area contributed by atoms with Crippen molar-refractivity contribution in [1.29, 1.82) is 0 Å². The van der Waals surface area contributed by atoms with Crippen molar-refractivity contribution in [2.75, 3.05) is 6.61 Å². The number of aryl methyl sites for hydroxylation is 1. The van der Waals surface area contributed by atoms with Crippen LogP contribution in [0.3, 0.4) is 0 Å². The average molecular weight is 209 g/mol. The zero-order chi connectivity index (χ0) is 11.3. The quantitative estimate of drug-likeness (QED) is 0.578. The van der Waals surface area contributed by atoms with Gasteiger partial charge >= 0.3 is 0 Å². The molecule has 3 heteroatoms. The van der Waals surface area contributed by atoms with Gasteiger partial charge in [0, 0.05) is 5.56 Å². The zero-order valence-electron chi connectivity index (χ0n) is 9.51. The summed E-state index contributed by atoms with van der Waals surface area (Å²) in [5.41, 5.74) is 7.70. The highest BCUT2D eigenvalue weighted by molar-refractivity contribution is 5.19. The van der Waals surface area contributed by atoms with Crippen molar-refractivity contribution < 1.29 is 9.15 Å². The highest BCUT2D eigenvalue weighted by atomic mass is 16.5. The van der Waals surface area contributed by atoms with Gasteiger partial charge in [0.05, 0.1) is 19.8 Å². The van der Waals surface area contributed by atoms with E-state index in [0.717, 1.165) is 29.1 Å². The topological polar surface area (TPSA) is 48.4 Å². The summed E-state index contributed by atoms with van der Waals surface area (Å²) in [6, 6.07) is 1.95. The lowest BCUT2D eigenvalue weighted by atomic mass is 10.2. The maximum absolute atomic E-state index is 5.51. The van der Waals surface area contributed by atoms with Crippen molar-refractivity contribution in [3.8, 4) is 0 Å². The van der Waals surface area contributed by atoms with Gasteiger partial charge in [0.15, 0.2) is 0 Å². The number of nitrogens with two attached hydrogens (primary N) is 1. The third-order valence-corrected chi connectivity index (χ3v) is 2.20. The van der Waals surface area contributed by atoms with Crippen molar-refractivity contribution in [2.24, 2.45) is 5.73 Å². The second kappa shape index (κ2) is 5.73. The van der Waals surface area contributed by atoms with Crippen molar-refractivity contribution >= 4 is 0 Å². The van der Waals surface area contributed by atoms with Gasteiger partial charge in [-0.25, -0.2) is 0 Å². The van der Waals surface area contributed by atoms with Crippen LogP contribution in [-0.4, -0.2) is 6.61 Å². The van der Waals surface area contributed by atoms with Crippen LogP contribution in [0, 0.1) is 6.92 Å². The molecule has 3 nitrogen and oxygen atoms in total. The second-order valence-corrected chi connectivity index (χ2v) is 3.76. The minimum absolute atomic E-state index is 0.437. The first-order chi connectivity index (χ1) is 7.13. The number of furan rings is 1. The summed E-state index contributed by atoms with van der Waals surface area (Å²) in [7, 11) is 0. The van der Waals surface area contributed by atoms with E-state index in [0.29, 0.717) is 19.8 Å². The predicted molar refractivity (Wildman–Crippen MR) is 60.4 cm³/mol. The van der Waals surface area contributed by atoms with Crippen LogP contribution in [0.5, 0.6) is 0 Å². The monoisotopic (exact) mass is 209 g/mol. The van der Waals surface area contributed by atoms with Crippen LogP contribution in [0.25, 0.3) is 0 Å². The Labute approximate surface area is 90.9 Å². The molecule has 1 heterocycles. The van der Waals surface area contributed by atoms with E-state index in [1.54, 1.807) is 0 Å². The van der Waals surface area contributed by atoms with Crippen molar-refractivity contribution in [1.82, 2.24) is 0 Å². The maximum atomic E-state index is 5.51. The molecule has 0 atom stereocenters. The molecule has 0 amide bonds. The molecule has 0 saturated carbocycles. The summed E-state index contributed by atoms with van der Waals surface area (Å²) in [4.78, 5) is 0. The van der Waals surface area contributed by atoms with Gasteiger partial charge in [-0.15, -0.1) is 6.58 Å². The van der Waals surface area contributed by atoms with E-state index < -0.39 is 0 Å². The van der Waals surface area contributed by atoms with Gasteiger partial charge in [0.2, 0.25) is 0 Å². The van der Waals surface area contributed by atoms with E-state index in [1.165, 1.54) is 0 Å². The Morgan fingerprint density at radius 2 is 2.33 bits per heavy atom. The molecule has 1 rings (SSSR count). The van der Waals surface area contributed by atoms with E-state index in [2.05, 4.69) is 6.58 Å².